The van der Waals surface area contributed by atoms with E-state index in [-0.39, 0.29) is 24.3 Å². The van der Waals surface area contributed by atoms with Gasteiger partial charge in [0.2, 0.25) is 5.91 Å². The monoisotopic (exact) mass is 424 g/mol. The van der Waals surface area contributed by atoms with Crippen LogP contribution < -0.4 is 5.32 Å². The van der Waals surface area contributed by atoms with Gasteiger partial charge in [0.05, 0.1) is 13.2 Å². The van der Waals surface area contributed by atoms with Gasteiger partial charge in [0, 0.05) is 30.3 Å². The van der Waals surface area contributed by atoms with E-state index in [1.54, 1.807) is 17.4 Å². The average molecular weight is 425 g/mol. The molecule has 0 bridgehead atoms. The van der Waals surface area contributed by atoms with Crippen LogP contribution in [0, 0.1) is 5.92 Å². The fourth-order valence-electron chi connectivity index (χ4n) is 4.10. The minimum atomic E-state index is -1.08. The number of amides is 2. The van der Waals surface area contributed by atoms with Crippen molar-refractivity contribution in [1.82, 2.24) is 10.2 Å². The third-order valence-electron chi connectivity index (χ3n) is 6.02. The molecular weight excluding hydrogens is 396 g/mol. The molecule has 30 heavy (non-hydrogen) atoms. The first-order chi connectivity index (χ1) is 14.6. The van der Waals surface area contributed by atoms with Gasteiger partial charge in [0.1, 0.15) is 0 Å². The highest BCUT2D eigenvalue weighted by atomic mass is 32.1. The zero-order valence-electron chi connectivity index (χ0n) is 17.1. The van der Waals surface area contributed by atoms with E-state index >= 15 is 0 Å². The number of carbonyl (C=O) groups is 2. The van der Waals surface area contributed by atoms with Crippen molar-refractivity contribution in [3.8, 4) is 10.4 Å². The summed E-state index contributed by atoms with van der Waals surface area (Å²) < 4.78 is 6.10. The van der Waals surface area contributed by atoms with Crippen molar-refractivity contribution in [3.05, 3.63) is 60.0 Å². The number of benzene rings is 1. The van der Waals surface area contributed by atoms with E-state index < -0.39 is 5.60 Å². The van der Waals surface area contributed by atoms with Crippen LogP contribution in [0.25, 0.3) is 10.4 Å². The van der Waals surface area contributed by atoms with Crippen molar-refractivity contribution >= 4 is 23.2 Å². The van der Waals surface area contributed by atoms with Gasteiger partial charge in [-0.25, -0.2) is 0 Å². The number of ether oxygens (including phenoxy) is 1. The third-order valence-corrected chi connectivity index (χ3v) is 6.94. The van der Waals surface area contributed by atoms with Crippen molar-refractivity contribution in [2.75, 3.05) is 26.2 Å². The number of rotatable bonds is 7. The second-order valence-electron chi connectivity index (χ2n) is 8.08. The van der Waals surface area contributed by atoms with E-state index in [9.17, 15) is 9.59 Å². The molecule has 6 heteroatoms. The Morgan fingerprint density at radius 2 is 2.07 bits per heavy atom. The summed E-state index contributed by atoms with van der Waals surface area (Å²) in [7, 11) is 0. The normalized spacial score (nSPS) is 21.7. The van der Waals surface area contributed by atoms with Crippen LogP contribution in [0.3, 0.4) is 0 Å². The lowest BCUT2D eigenvalue weighted by atomic mass is 9.83. The van der Waals surface area contributed by atoms with Crippen molar-refractivity contribution in [3.63, 3.8) is 0 Å². The van der Waals surface area contributed by atoms with Gasteiger partial charge >= 0.3 is 0 Å². The van der Waals surface area contributed by atoms with Gasteiger partial charge in [-0.2, -0.15) is 0 Å². The molecule has 1 N–H and O–H groups in total. The number of hydrogen-bond acceptors (Lipinski definition) is 4. The molecule has 2 heterocycles. The zero-order chi connectivity index (χ0) is 21.0. The van der Waals surface area contributed by atoms with E-state index in [1.807, 2.05) is 23.1 Å². The molecule has 1 aromatic carbocycles. The summed E-state index contributed by atoms with van der Waals surface area (Å²) in [5.74, 6) is 0.0939. The Labute approximate surface area is 181 Å². The lowest BCUT2D eigenvalue weighted by Crippen LogP contribution is -2.62. The second kappa shape index (κ2) is 9.14. The van der Waals surface area contributed by atoms with Crippen molar-refractivity contribution in [2.45, 2.75) is 31.3 Å². The van der Waals surface area contributed by atoms with Gasteiger partial charge in [0.15, 0.2) is 5.60 Å². The van der Waals surface area contributed by atoms with Crippen molar-refractivity contribution in [2.24, 2.45) is 5.92 Å². The van der Waals surface area contributed by atoms with E-state index in [0.29, 0.717) is 26.1 Å². The van der Waals surface area contributed by atoms with Crippen LogP contribution in [0.4, 0.5) is 0 Å². The summed E-state index contributed by atoms with van der Waals surface area (Å²) in [5.41, 5.74) is 1.10. The van der Waals surface area contributed by atoms with Crippen LogP contribution in [0.15, 0.2) is 54.4 Å². The minimum Gasteiger partial charge on any atom is -0.361 e. The predicted octanol–water partition coefficient (Wildman–Crippen LogP) is 3.66. The molecule has 1 saturated carbocycles. The quantitative estimate of drug-likeness (QED) is 0.690. The van der Waals surface area contributed by atoms with Gasteiger partial charge in [-0.05, 0) is 35.4 Å². The molecule has 0 spiro atoms. The number of carbonyl (C=O) groups excluding carboxylic acids is 2. The number of nitrogens with one attached hydrogen (secondary N) is 1. The summed E-state index contributed by atoms with van der Waals surface area (Å²) in [6.07, 6.45) is 5.10. The van der Waals surface area contributed by atoms with Crippen molar-refractivity contribution in [1.29, 1.82) is 0 Å². The first-order valence-corrected chi connectivity index (χ1v) is 11.4. The zero-order valence-corrected chi connectivity index (χ0v) is 18.0. The fourth-order valence-corrected chi connectivity index (χ4v) is 4.83. The Morgan fingerprint density at radius 3 is 2.70 bits per heavy atom. The molecule has 158 valence electrons. The number of hydrogen-bond donors (Lipinski definition) is 1. The first kappa shape index (κ1) is 20.8. The molecule has 4 rings (SSSR count). The Kier molecular flexibility index (Phi) is 6.35. The summed E-state index contributed by atoms with van der Waals surface area (Å²) in [4.78, 5) is 29.0. The number of nitrogens with zero attached hydrogens (tertiary/aromatic N) is 1. The molecule has 2 aliphatic rings. The van der Waals surface area contributed by atoms with Gasteiger partial charge in [-0.3, -0.25) is 9.59 Å². The highest BCUT2D eigenvalue weighted by Gasteiger charge is 2.46. The largest absolute Gasteiger partial charge is 0.361 e. The van der Waals surface area contributed by atoms with E-state index in [0.717, 1.165) is 30.4 Å². The van der Waals surface area contributed by atoms with Crippen LogP contribution >= 0.6 is 11.3 Å². The lowest BCUT2D eigenvalue weighted by molar-refractivity contribution is -0.168. The minimum absolute atomic E-state index is 0.113. The highest BCUT2D eigenvalue weighted by Crippen LogP contribution is 2.32. The molecule has 1 saturated heterocycles. The highest BCUT2D eigenvalue weighted by molar-refractivity contribution is 7.13. The molecule has 0 radical (unpaired) electrons. The molecule has 2 fully saturated rings. The molecule has 2 aromatic rings. The number of thiophene rings is 1. The maximum Gasteiger partial charge on any atom is 0.254 e. The summed E-state index contributed by atoms with van der Waals surface area (Å²) >= 11 is 1.70. The van der Waals surface area contributed by atoms with E-state index in [2.05, 4.69) is 35.5 Å². The molecule has 0 unspecified atom stereocenters. The first-order valence-electron chi connectivity index (χ1n) is 10.6. The molecule has 1 aliphatic carbocycles. The fraction of sp³-hybridized carbons (Fsp3) is 0.417. The standard InChI is InChI=1S/C24H28N2O3S/c1-2-12-25-23(28)24(17-26(13-14-29-24)22(27)20-5-3-6-20)16-18-8-10-19(11-9-18)21-7-4-15-30-21/h2,4,7-11,15,20H,1,3,5-6,12-14,16-17H2,(H,25,28)/t24-/m1/s1. The Balaban J connectivity index is 1.55. The molecule has 1 aliphatic heterocycles. The number of morpholine rings is 1. The van der Waals surface area contributed by atoms with Crippen LogP contribution in [-0.4, -0.2) is 48.6 Å². The molecular formula is C24H28N2O3S. The third kappa shape index (κ3) is 4.35. The van der Waals surface area contributed by atoms with Gasteiger partial charge < -0.3 is 15.0 Å². The van der Waals surface area contributed by atoms with Crippen LogP contribution in [0.2, 0.25) is 0 Å². The molecule has 2 amide bonds. The summed E-state index contributed by atoms with van der Waals surface area (Å²) in [6.45, 7) is 5.26. The SMILES string of the molecule is C=CCNC(=O)[C@@]1(Cc2ccc(-c3cccs3)cc2)CN(C(=O)C2CCC2)CCO1. The molecule has 5 nitrogen and oxygen atoms in total. The van der Waals surface area contributed by atoms with E-state index in [1.165, 1.54) is 4.88 Å². The average Bonchev–Trinajstić information content (AvgIpc) is 3.26. The maximum atomic E-state index is 13.1. The Morgan fingerprint density at radius 1 is 1.27 bits per heavy atom. The second-order valence-corrected chi connectivity index (χ2v) is 9.03. The van der Waals surface area contributed by atoms with Crippen LogP contribution in [-0.2, 0) is 20.7 Å². The maximum absolute atomic E-state index is 13.1. The lowest BCUT2D eigenvalue weighted by Gasteiger charge is -2.43. The molecule has 1 atom stereocenters. The van der Waals surface area contributed by atoms with E-state index in [4.69, 9.17) is 4.74 Å². The Bertz CT molecular complexity index is 890. The van der Waals surface area contributed by atoms with Gasteiger partial charge in [-0.15, -0.1) is 17.9 Å². The summed E-state index contributed by atoms with van der Waals surface area (Å²) in [5, 5.41) is 4.96. The summed E-state index contributed by atoms with van der Waals surface area (Å²) in [6, 6.07) is 12.4. The topological polar surface area (TPSA) is 58.6 Å². The predicted molar refractivity (Wildman–Crippen MR) is 119 cm³/mol. The van der Waals surface area contributed by atoms with Crippen LogP contribution in [0.1, 0.15) is 24.8 Å². The van der Waals surface area contributed by atoms with Crippen molar-refractivity contribution < 1.29 is 14.3 Å². The molecule has 1 aromatic heterocycles. The van der Waals surface area contributed by atoms with Gasteiger partial charge in [-0.1, -0.05) is 42.8 Å². The van der Waals surface area contributed by atoms with Gasteiger partial charge in [0.25, 0.3) is 5.91 Å². The van der Waals surface area contributed by atoms with Crippen LogP contribution in [0.5, 0.6) is 0 Å². The Hall–Kier alpha value is -2.44. The smallest absolute Gasteiger partial charge is 0.254 e.